The maximum absolute atomic E-state index is 6.17. The highest BCUT2D eigenvalue weighted by atomic mass is 79.9. The molecule has 1 nitrogen and oxygen atoms in total. The summed E-state index contributed by atoms with van der Waals surface area (Å²) in [5.74, 6) is 0. The molecule has 0 saturated carbocycles. The zero-order chi connectivity index (χ0) is 13.8. The van der Waals surface area contributed by atoms with Gasteiger partial charge in [-0.1, -0.05) is 45.7 Å². The fourth-order valence-corrected chi connectivity index (χ4v) is 2.54. The van der Waals surface area contributed by atoms with Gasteiger partial charge in [-0.05, 0) is 58.6 Å². The van der Waals surface area contributed by atoms with Gasteiger partial charge in [-0.3, -0.25) is 0 Å². The molecule has 0 amide bonds. The van der Waals surface area contributed by atoms with Gasteiger partial charge in [-0.15, -0.1) is 0 Å². The Bertz CT molecular complexity index is 622. The summed E-state index contributed by atoms with van der Waals surface area (Å²) in [4.78, 5) is 4.11. The lowest BCUT2D eigenvalue weighted by Crippen LogP contribution is -1.91. The van der Waals surface area contributed by atoms with Crippen LogP contribution in [0, 0.1) is 0 Å². The summed E-state index contributed by atoms with van der Waals surface area (Å²) < 4.78 is 0.960. The van der Waals surface area contributed by atoms with E-state index in [0.29, 0.717) is 6.42 Å². The van der Waals surface area contributed by atoms with E-state index in [0.717, 1.165) is 26.3 Å². The number of rotatable bonds is 3. The molecule has 98 valence electrons. The van der Waals surface area contributed by atoms with Crippen LogP contribution in [-0.4, -0.2) is 4.63 Å². The maximum Gasteiger partial charge on any atom is 0.197 e. The molecule has 0 bridgehead atoms. The first-order valence-electron chi connectivity index (χ1n) is 5.48. The molecule has 0 spiro atoms. The number of halogens is 4. The zero-order valence-corrected chi connectivity index (χ0v) is 13.6. The largest absolute Gasteiger partial charge is 0.225 e. The Morgan fingerprint density at radius 1 is 1.05 bits per heavy atom. The molecular formula is C14H9BrCl3N. The van der Waals surface area contributed by atoms with Crippen LogP contribution in [-0.2, 0) is 6.42 Å². The van der Waals surface area contributed by atoms with Crippen LogP contribution in [0.1, 0.15) is 11.1 Å². The Morgan fingerprint density at radius 3 is 2.47 bits per heavy atom. The highest BCUT2D eigenvalue weighted by molar-refractivity contribution is 9.10. The summed E-state index contributed by atoms with van der Waals surface area (Å²) >= 11 is 20.9. The lowest BCUT2D eigenvalue weighted by atomic mass is 10.0. The molecule has 5 heteroatoms. The van der Waals surface area contributed by atoms with Gasteiger partial charge in [-0.2, -0.15) is 0 Å². The Balaban J connectivity index is 2.41. The first-order valence-corrected chi connectivity index (χ1v) is 7.40. The molecule has 0 aliphatic carbocycles. The summed E-state index contributed by atoms with van der Waals surface area (Å²) in [6.45, 7) is 0. The van der Waals surface area contributed by atoms with E-state index in [4.69, 9.17) is 34.8 Å². The smallest absolute Gasteiger partial charge is 0.197 e. The number of hydrogen-bond donors (Lipinski definition) is 0. The topological polar surface area (TPSA) is 12.4 Å². The summed E-state index contributed by atoms with van der Waals surface area (Å²) in [5, 5.41) is 0.731. The highest BCUT2D eigenvalue weighted by Crippen LogP contribution is 2.29. The molecular weight excluding hydrogens is 368 g/mol. The Kier molecular flexibility index (Phi) is 5.28. The van der Waals surface area contributed by atoms with E-state index in [2.05, 4.69) is 20.9 Å². The summed E-state index contributed by atoms with van der Waals surface area (Å²) in [6.07, 6.45) is 0.666. The quantitative estimate of drug-likeness (QED) is 0.568. The van der Waals surface area contributed by atoms with Crippen LogP contribution in [0.3, 0.4) is 0 Å². The molecule has 0 atom stereocenters. The fourth-order valence-electron chi connectivity index (χ4n) is 1.74. The second-order valence-electron chi connectivity index (χ2n) is 3.89. The summed E-state index contributed by atoms with van der Waals surface area (Å²) in [5.41, 5.74) is 2.77. The van der Waals surface area contributed by atoms with Crippen molar-refractivity contribution in [3.05, 3.63) is 63.1 Å². The Labute approximate surface area is 135 Å². The predicted octanol–water partition coefficient (Wildman–Crippen LogP) is 6.16. The minimum absolute atomic E-state index is 0.0114. The molecule has 0 aliphatic rings. The number of hydrogen-bond acceptors (Lipinski definition) is 1. The summed E-state index contributed by atoms with van der Waals surface area (Å²) in [7, 11) is 0. The monoisotopic (exact) mass is 375 g/mol. The highest BCUT2D eigenvalue weighted by Gasteiger charge is 2.07. The zero-order valence-electron chi connectivity index (χ0n) is 9.71. The minimum atomic E-state index is -0.0114. The maximum atomic E-state index is 6.17. The van der Waals surface area contributed by atoms with Crippen LogP contribution in [0.4, 0.5) is 5.69 Å². The van der Waals surface area contributed by atoms with Crippen LogP contribution in [0.25, 0.3) is 0 Å². The first-order chi connectivity index (χ1) is 9.06. The van der Waals surface area contributed by atoms with Crippen molar-refractivity contribution in [1.29, 1.82) is 0 Å². The van der Waals surface area contributed by atoms with E-state index in [-0.39, 0.29) is 4.63 Å². The predicted molar refractivity (Wildman–Crippen MR) is 87.2 cm³/mol. The molecule has 0 saturated heterocycles. The van der Waals surface area contributed by atoms with Gasteiger partial charge in [0, 0.05) is 15.9 Å². The molecule has 0 fully saturated rings. The molecule has 0 aromatic heterocycles. The number of aliphatic imine (C=N–C) groups is 1. The average molecular weight is 377 g/mol. The summed E-state index contributed by atoms with van der Waals surface area (Å²) in [6, 6.07) is 13.5. The SMILES string of the molecule is ClC(Cl)=Nc1ccc(Br)cc1Cc1ccccc1Cl. The van der Waals surface area contributed by atoms with Crippen LogP contribution in [0.2, 0.25) is 5.02 Å². The molecule has 0 radical (unpaired) electrons. The van der Waals surface area contributed by atoms with Crippen molar-refractivity contribution in [1.82, 2.24) is 0 Å². The van der Waals surface area contributed by atoms with Gasteiger partial charge < -0.3 is 0 Å². The van der Waals surface area contributed by atoms with Crippen molar-refractivity contribution in [2.24, 2.45) is 4.99 Å². The van der Waals surface area contributed by atoms with Gasteiger partial charge in [0.25, 0.3) is 0 Å². The van der Waals surface area contributed by atoms with Crippen molar-refractivity contribution < 1.29 is 0 Å². The molecule has 0 unspecified atom stereocenters. The molecule has 2 rings (SSSR count). The normalized spacial score (nSPS) is 10.3. The molecule has 0 heterocycles. The van der Waals surface area contributed by atoms with Gasteiger partial charge >= 0.3 is 0 Å². The molecule has 2 aromatic rings. The van der Waals surface area contributed by atoms with Gasteiger partial charge in [0.2, 0.25) is 0 Å². The minimum Gasteiger partial charge on any atom is -0.225 e. The van der Waals surface area contributed by atoms with Crippen molar-refractivity contribution in [2.45, 2.75) is 6.42 Å². The molecule has 19 heavy (non-hydrogen) atoms. The third-order valence-electron chi connectivity index (χ3n) is 2.59. The second-order valence-corrected chi connectivity index (χ2v) is 6.13. The molecule has 0 N–H and O–H groups in total. The van der Waals surface area contributed by atoms with Crippen LogP contribution in [0.15, 0.2) is 51.9 Å². The van der Waals surface area contributed by atoms with E-state index < -0.39 is 0 Å². The Hall–Kier alpha value is -0.540. The van der Waals surface area contributed by atoms with Crippen molar-refractivity contribution in [3.8, 4) is 0 Å². The van der Waals surface area contributed by atoms with Crippen molar-refractivity contribution in [2.75, 3.05) is 0 Å². The number of nitrogens with zero attached hydrogens (tertiary/aromatic N) is 1. The number of benzene rings is 2. The van der Waals surface area contributed by atoms with E-state index >= 15 is 0 Å². The van der Waals surface area contributed by atoms with E-state index in [9.17, 15) is 0 Å². The fraction of sp³-hybridized carbons (Fsp3) is 0.0714. The van der Waals surface area contributed by atoms with Crippen LogP contribution >= 0.6 is 50.7 Å². The van der Waals surface area contributed by atoms with Crippen molar-refractivity contribution >= 4 is 61.1 Å². The average Bonchev–Trinajstić information content (AvgIpc) is 2.35. The van der Waals surface area contributed by atoms with Gasteiger partial charge in [0.05, 0.1) is 5.69 Å². The van der Waals surface area contributed by atoms with E-state index in [1.54, 1.807) is 0 Å². The lowest BCUT2D eigenvalue weighted by molar-refractivity contribution is 1.18. The van der Waals surface area contributed by atoms with Gasteiger partial charge in [-0.25, -0.2) is 4.99 Å². The standard InChI is InChI=1S/C14H9BrCl3N/c15-11-5-6-13(19-14(17)18)10(8-11)7-9-3-1-2-4-12(9)16/h1-6,8H,7H2. The Morgan fingerprint density at radius 2 is 1.79 bits per heavy atom. The van der Waals surface area contributed by atoms with E-state index in [1.165, 1.54) is 0 Å². The van der Waals surface area contributed by atoms with Crippen LogP contribution in [0.5, 0.6) is 0 Å². The van der Waals surface area contributed by atoms with Gasteiger partial charge in [0.15, 0.2) is 4.63 Å². The third-order valence-corrected chi connectivity index (χ3v) is 3.62. The lowest BCUT2D eigenvalue weighted by Gasteiger charge is -2.08. The second kappa shape index (κ2) is 6.76. The van der Waals surface area contributed by atoms with E-state index in [1.807, 2.05) is 42.5 Å². The van der Waals surface area contributed by atoms with Crippen LogP contribution < -0.4 is 0 Å². The third kappa shape index (κ3) is 4.22. The molecule has 2 aromatic carbocycles. The van der Waals surface area contributed by atoms with Crippen molar-refractivity contribution in [3.63, 3.8) is 0 Å². The van der Waals surface area contributed by atoms with Gasteiger partial charge in [0.1, 0.15) is 0 Å². The molecule has 0 aliphatic heterocycles. The first kappa shape index (κ1) is 14.9.